The molecule has 0 fully saturated rings. The van der Waals surface area contributed by atoms with E-state index in [0.29, 0.717) is 30.0 Å². The smallest absolute Gasteiger partial charge is 0.245 e. The number of benzene rings is 2. The van der Waals surface area contributed by atoms with Gasteiger partial charge in [0.1, 0.15) is 5.75 Å². The van der Waals surface area contributed by atoms with E-state index >= 15 is 0 Å². The van der Waals surface area contributed by atoms with Gasteiger partial charge in [-0.05, 0) is 30.7 Å². The predicted molar refractivity (Wildman–Crippen MR) is 118 cm³/mol. The lowest BCUT2D eigenvalue weighted by Gasteiger charge is -2.24. The van der Waals surface area contributed by atoms with Crippen LogP contribution in [0.4, 0.5) is 5.69 Å². The Morgan fingerprint density at radius 3 is 2.63 bits per heavy atom. The maximum atomic E-state index is 12.9. The van der Waals surface area contributed by atoms with E-state index in [2.05, 4.69) is 9.82 Å². The summed E-state index contributed by atoms with van der Waals surface area (Å²) >= 11 is 0. The number of hydrazone groups is 1. The SMILES string of the molecule is CCOc1cccc([C@H]2CC(c3ccccc3NS(C)(=O)=O)=NN2C(=O)C(C)C)c1. The van der Waals surface area contributed by atoms with Crippen molar-refractivity contribution in [2.24, 2.45) is 11.0 Å². The molecule has 0 saturated heterocycles. The second-order valence-corrected chi connectivity index (χ2v) is 9.28. The minimum absolute atomic E-state index is 0.0923. The molecule has 0 radical (unpaired) electrons. The minimum Gasteiger partial charge on any atom is -0.494 e. The Labute approximate surface area is 177 Å². The topological polar surface area (TPSA) is 88.1 Å². The fourth-order valence-corrected chi connectivity index (χ4v) is 3.98. The van der Waals surface area contributed by atoms with Crippen LogP contribution in [0.15, 0.2) is 53.6 Å². The van der Waals surface area contributed by atoms with Gasteiger partial charge in [0.05, 0.1) is 30.3 Å². The number of rotatable bonds is 7. The summed E-state index contributed by atoms with van der Waals surface area (Å²) < 4.78 is 31.7. The van der Waals surface area contributed by atoms with Crippen molar-refractivity contribution in [3.8, 4) is 5.75 Å². The summed E-state index contributed by atoms with van der Waals surface area (Å²) in [4.78, 5) is 12.9. The van der Waals surface area contributed by atoms with Crippen molar-refractivity contribution in [2.75, 3.05) is 17.6 Å². The summed E-state index contributed by atoms with van der Waals surface area (Å²) in [5.74, 6) is 0.417. The summed E-state index contributed by atoms with van der Waals surface area (Å²) in [7, 11) is -3.45. The molecule has 2 aromatic rings. The van der Waals surface area contributed by atoms with Crippen LogP contribution in [0.2, 0.25) is 0 Å². The summed E-state index contributed by atoms with van der Waals surface area (Å²) in [6.07, 6.45) is 1.58. The molecule has 1 aliphatic rings. The Bertz CT molecular complexity index is 1060. The molecule has 1 heterocycles. The van der Waals surface area contributed by atoms with Gasteiger partial charge < -0.3 is 4.74 Å². The van der Waals surface area contributed by atoms with E-state index in [1.54, 1.807) is 12.1 Å². The molecule has 0 bridgehead atoms. The largest absolute Gasteiger partial charge is 0.494 e. The van der Waals surface area contributed by atoms with Crippen molar-refractivity contribution in [3.63, 3.8) is 0 Å². The van der Waals surface area contributed by atoms with Crippen molar-refractivity contribution in [1.29, 1.82) is 0 Å². The van der Waals surface area contributed by atoms with E-state index in [4.69, 9.17) is 4.74 Å². The second-order valence-electron chi connectivity index (χ2n) is 7.53. The number of amides is 1. The molecule has 1 atom stereocenters. The van der Waals surface area contributed by atoms with Crippen molar-refractivity contribution < 1.29 is 17.9 Å². The number of hydrogen-bond donors (Lipinski definition) is 1. The molecule has 1 N–H and O–H groups in total. The third-order valence-electron chi connectivity index (χ3n) is 4.72. The molecular weight excluding hydrogens is 402 g/mol. The molecule has 160 valence electrons. The van der Waals surface area contributed by atoms with Gasteiger partial charge in [0.15, 0.2) is 0 Å². The zero-order valence-corrected chi connectivity index (χ0v) is 18.4. The van der Waals surface area contributed by atoms with Crippen LogP contribution in [0, 0.1) is 5.92 Å². The Morgan fingerprint density at radius 2 is 1.97 bits per heavy atom. The standard InChI is InChI=1S/C22H27N3O4S/c1-5-29-17-10-8-9-16(13-17)21-14-20(23-25(21)22(26)15(2)3)18-11-6-7-12-19(18)24-30(4,27)28/h6-13,15,21,24H,5,14H2,1-4H3/t21-/m1/s1. The van der Waals surface area contributed by atoms with Crippen LogP contribution in [0.5, 0.6) is 5.75 Å². The maximum absolute atomic E-state index is 12.9. The molecule has 0 unspecified atom stereocenters. The van der Waals surface area contributed by atoms with Gasteiger partial charge in [-0.2, -0.15) is 5.10 Å². The highest BCUT2D eigenvalue weighted by atomic mass is 32.2. The highest BCUT2D eigenvalue weighted by Gasteiger charge is 2.35. The summed E-state index contributed by atoms with van der Waals surface area (Å²) in [6, 6.07) is 14.4. The number of para-hydroxylation sites is 1. The van der Waals surface area contributed by atoms with Crippen LogP contribution in [0.1, 0.15) is 44.4 Å². The number of carbonyl (C=O) groups excluding carboxylic acids is 1. The van der Waals surface area contributed by atoms with Gasteiger partial charge in [0.25, 0.3) is 0 Å². The van der Waals surface area contributed by atoms with Crippen LogP contribution >= 0.6 is 0 Å². The Balaban J connectivity index is 2.02. The fourth-order valence-electron chi connectivity index (χ4n) is 3.40. The summed E-state index contributed by atoms with van der Waals surface area (Å²) in [5, 5.41) is 6.14. The van der Waals surface area contributed by atoms with Crippen molar-refractivity contribution in [1.82, 2.24) is 5.01 Å². The van der Waals surface area contributed by atoms with Crippen LogP contribution < -0.4 is 9.46 Å². The van der Waals surface area contributed by atoms with Gasteiger partial charge >= 0.3 is 0 Å². The lowest BCUT2D eigenvalue weighted by atomic mass is 9.97. The number of nitrogens with zero attached hydrogens (tertiary/aromatic N) is 2. The number of ether oxygens (including phenoxy) is 1. The van der Waals surface area contributed by atoms with Crippen molar-refractivity contribution in [2.45, 2.75) is 33.2 Å². The number of nitrogens with one attached hydrogen (secondary N) is 1. The molecule has 0 aliphatic carbocycles. The Morgan fingerprint density at radius 1 is 1.23 bits per heavy atom. The normalized spacial score (nSPS) is 16.5. The number of sulfonamides is 1. The first-order valence-corrected chi connectivity index (χ1v) is 11.8. The molecule has 1 amide bonds. The van der Waals surface area contributed by atoms with Crippen LogP contribution in [0.25, 0.3) is 0 Å². The zero-order valence-electron chi connectivity index (χ0n) is 17.6. The predicted octanol–water partition coefficient (Wildman–Crippen LogP) is 3.79. The lowest BCUT2D eigenvalue weighted by Crippen LogP contribution is -2.30. The van der Waals surface area contributed by atoms with Gasteiger partial charge in [0.2, 0.25) is 15.9 Å². The third-order valence-corrected chi connectivity index (χ3v) is 5.31. The highest BCUT2D eigenvalue weighted by Crippen LogP contribution is 2.36. The van der Waals surface area contributed by atoms with E-state index in [1.807, 2.05) is 57.2 Å². The minimum atomic E-state index is -3.45. The molecular formula is C22H27N3O4S. The number of hydrogen-bond acceptors (Lipinski definition) is 5. The molecule has 0 saturated carbocycles. The molecule has 1 aliphatic heterocycles. The number of carbonyl (C=O) groups is 1. The van der Waals surface area contributed by atoms with Crippen molar-refractivity contribution >= 4 is 27.3 Å². The maximum Gasteiger partial charge on any atom is 0.245 e. The second kappa shape index (κ2) is 8.87. The van der Waals surface area contributed by atoms with Gasteiger partial charge in [-0.15, -0.1) is 0 Å². The first-order chi connectivity index (χ1) is 14.2. The monoisotopic (exact) mass is 429 g/mol. The van der Waals surface area contributed by atoms with Crippen molar-refractivity contribution in [3.05, 3.63) is 59.7 Å². The molecule has 30 heavy (non-hydrogen) atoms. The van der Waals surface area contributed by atoms with E-state index in [-0.39, 0.29) is 17.9 Å². The first-order valence-electron chi connectivity index (χ1n) is 9.90. The summed E-state index contributed by atoms with van der Waals surface area (Å²) in [5.41, 5.74) is 2.68. The average molecular weight is 430 g/mol. The van der Waals surface area contributed by atoms with E-state index < -0.39 is 10.0 Å². The molecule has 2 aromatic carbocycles. The highest BCUT2D eigenvalue weighted by molar-refractivity contribution is 7.92. The average Bonchev–Trinajstić information content (AvgIpc) is 3.12. The molecule has 0 aromatic heterocycles. The molecule has 8 heteroatoms. The van der Waals surface area contributed by atoms with E-state index in [1.165, 1.54) is 5.01 Å². The van der Waals surface area contributed by atoms with Gasteiger partial charge in [-0.3, -0.25) is 9.52 Å². The quantitative estimate of drug-likeness (QED) is 0.725. The molecule has 3 rings (SSSR count). The van der Waals surface area contributed by atoms with E-state index in [9.17, 15) is 13.2 Å². The fraction of sp³-hybridized carbons (Fsp3) is 0.364. The van der Waals surface area contributed by atoms with Gasteiger partial charge in [-0.1, -0.05) is 44.2 Å². The Kier molecular flexibility index (Phi) is 6.45. The lowest BCUT2D eigenvalue weighted by molar-refractivity contribution is -0.136. The summed E-state index contributed by atoms with van der Waals surface area (Å²) in [6.45, 7) is 6.14. The van der Waals surface area contributed by atoms with Gasteiger partial charge in [-0.25, -0.2) is 13.4 Å². The zero-order chi connectivity index (χ0) is 21.9. The third kappa shape index (κ3) is 4.99. The Hall–Kier alpha value is -2.87. The van der Waals surface area contributed by atoms with Crippen LogP contribution in [-0.2, 0) is 14.8 Å². The van der Waals surface area contributed by atoms with Gasteiger partial charge in [0, 0.05) is 17.9 Å². The molecule has 0 spiro atoms. The molecule has 7 nitrogen and oxygen atoms in total. The first kappa shape index (κ1) is 21.8. The van der Waals surface area contributed by atoms with E-state index in [0.717, 1.165) is 17.6 Å². The van der Waals surface area contributed by atoms with Crippen LogP contribution in [-0.4, -0.2) is 37.9 Å². The van der Waals surface area contributed by atoms with Crippen LogP contribution in [0.3, 0.4) is 0 Å². The number of anilines is 1.